The summed E-state index contributed by atoms with van der Waals surface area (Å²) >= 11 is 0. The fraction of sp³-hybridized carbons (Fsp3) is 0.917. The minimum absolute atomic E-state index is 0.300. The monoisotopic (exact) mass is 247 g/mol. The molecule has 0 saturated heterocycles. The maximum Gasteiger partial charge on any atom is 0.407 e. The van der Waals surface area contributed by atoms with E-state index >= 15 is 0 Å². The third-order valence-electron chi connectivity index (χ3n) is 1.92. The maximum atomic E-state index is 11.3. The van der Waals surface area contributed by atoms with Gasteiger partial charge in [-0.2, -0.15) is 0 Å². The number of nitrogens with one attached hydrogen (secondary N) is 1. The molecule has 0 saturated carbocycles. The van der Waals surface area contributed by atoms with Crippen LogP contribution in [0.15, 0.2) is 0 Å². The van der Waals surface area contributed by atoms with Crippen LogP contribution in [0.4, 0.5) is 4.79 Å². The van der Waals surface area contributed by atoms with Crippen molar-refractivity contribution in [2.24, 2.45) is 0 Å². The zero-order valence-electron chi connectivity index (χ0n) is 11.8. The highest BCUT2D eigenvalue weighted by atomic mass is 16.6. The molecule has 0 spiro atoms. The van der Waals surface area contributed by atoms with Gasteiger partial charge < -0.3 is 19.5 Å². The molecule has 0 rings (SSSR count). The van der Waals surface area contributed by atoms with Crippen LogP contribution in [0, 0.1) is 0 Å². The SMILES string of the molecule is COC(C)(C)COCCNC(=O)OC(C)(C)C. The lowest BCUT2D eigenvalue weighted by atomic mass is 10.1. The van der Waals surface area contributed by atoms with Crippen molar-refractivity contribution in [3.05, 3.63) is 0 Å². The molecule has 0 atom stereocenters. The number of hydrogen-bond donors (Lipinski definition) is 1. The first kappa shape index (κ1) is 16.2. The normalized spacial score (nSPS) is 12.4. The van der Waals surface area contributed by atoms with Crippen LogP contribution in [0.2, 0.25) is 0 Å². The second-order valence-electron chi connectivity index (χ2n) is 5.45. The van der Waals surface area contributed by atoms with Crippen LogP contribution >= 0.6 is 0 Å². The summed E-state index contributed by atoms with van der Waals surface area (Å²) in [7, 11) is 1.64. The number of ether oxygens (including phenoxy) is 3. The Balaban J connectivity index is 3.56. The average molecular weight is 247 g/mol. The van der Waals surface area contributed by atoms with Gasteiger partial charge in [0.05, 0.1) is 18.8 Å². The van der Waals surface area contributed by atoms with Crippen molar-refractivity contribution < 1.29 is 19.0 Å². The highest BCUT2D eigenvalue weighted by Crippen LogP contribution is 2.07. The molecule has 102 valence electrons. The van der Waals surface area contributed by atoms with Crippen LogP contribution in [0.25, 0.3) is 0 Å². The smallest absolute Gasteiger partial charge is 0.407 e. The molecule has 0 aliphatic heterocycles. The molecule has 0 aromatic heterocycles. The van der Waals surface area contributed by atoms with Gasteiger partial charge in [0.2, 0.25) is 0 Å². The summed E-state index contributed by atoms with van der Waals surface area (Å²) in [5.41, 5.74) is -0.769. The number of amides is 1. The average Bonchev–Trinajstić information content (AvgIpc) is 2.14. The molecule has 0 heterocycles. The fourth-order valence-corrected chi connectivity index (χ4v) is 0.916. The van der Waals surface area contributed by atoms with E-state index in [4.69, 9.17) is 14.2 Å². The van der Waals surface area contributed by atoms with Crippen molar-refractivity contribution in [1.82, 2.24) is 5.32 Å². The lowest BCUT2D eigenvalue weighted by molar-refractivity contribution is -0.0499. The second kappa shape index (κ2) is 6.81. The van der Waals surface area contributed by atoms with Gasteiger partial charge in [-0.3, -0.25) is 0 Å². The molecule has 0 aliphatic carbocycles. The molecule has 0 aromatic carbocycles. The lowest BCUT2D eigenvalue weighted by Gasteiger charge is -2.23. The zero-order chi connectivity index (χ0) is 13.5. The van der Waals surface area contributed by atoms with Gasteiger partial charge in [0.1, 0.15) is 5.60 Å². The first-order valence-electron chi connectivity index (χ1n) is 5.76. The molecular formula is C12H25NO4. The molecule has 0 unspecified atom stereocenters. The van der Waals surface area contributed by atoms with Gasteiger partial charge in [0.15, 0.2) is 0 Å². The van der Waals surface area contributed by atoms with E-state index in [9.17, 15) is 4.79 Å². The van der Waals surface area contributed by atoms with E-state index in [0.29, 0.717) is 19.8 Å². The van der Waals surface area contributed by atoms with E-state index in [1.54, 1.807) is 7.11 Å². The van der Waals surface area contributed by atoms with Crippen molar-refractivity contribution in [1.29, 1.82) is 0 Å². The first-order valence-corrected chi connectivity index (χ1v) is 5.76. The number of carbonyl (C=O) groups is 1. The first-order chi connectivity index (χ1) is 7.66. The number of rotatable bonds is 6. The summed E-state index contributed by atoms with van der Waals surface area (Å²) in [6, 6.07) is 0. The van der Waals surface area contributed by atoms with E-state index in [-0.39, 0.29) is 5.60 Å². The van der Waals surface area contributed by atoms with Gasteiger partial charge in [0, 0.05) is 13.7 Å². The quantitative estimate of drug-likeness (QED) is 0.729. The molecular weight excluding hydrogens is 222 g/mol. The minimum atomic E-state index is -0.469. The summed E-state index contributed by atoms with van der Waals surface area (Å²) in [5, 5.41) is 2.62. The summed E-state index contributed by atoms with van der Waals surface area (Å²) in [6.45, 7) is 10.7. The molecule has 0 bridgehead atoms. The van der Waals surface area contributed by atoms with Gasteiger partial charge >= 0.3 is 6.09 Å². The lowest BCUT2D eigenvalue weighted by Crippen LogP contribution is -2.35. The molecule has 17 heavy (non-hydrogen) atoms. The van der Waals surface area contributed by atoms with Crippen LogP contribution in [-0.2, 0) is 14.2 Å². The summed E-state index contributed by atoms with van der Waals surface area (Å²) < 4.78 is 15.6. The third kappa shape index (κ3) is 10.1. The molecule has 0 aromatic rings. The fourth-order valence-electron chi connectivity index (χ4n) is 0.916. The highest BCUT2D eigenvalue weighted by Gasteiger charge is 2.17. The number of methoxy groups -OCH3 is 1. The molecule has 0 aliphatic rings. The molecule has 5 heteroatoms. The van der Waals surface area contributed by atoms with Crippen LogP contribution in [0.5, 0.6) is 0 Å². The largest absolute Gasteiger partial charge is 0.444 e. The van der Waals surface area contributed by atoms with Crippen molar-refractivity contribution >= 4 is 6.09 Å². The molecule has 1 N–H and O–H groups in total. The third-order valence-corrected chi connectivity index (χ3v) is 1.92. The zero-order valence-corrected chi connectivity index (χ0v) is 11.8. The standard InChI is InChI=1S/C12H25NO4/c1-11(2,3)17-10(14)13-7-8-16-9-12(4,5)15-6/h7-9H2,1-6H3,(H,13,14). The van der Waals surface area contributed by atoms with Crippen LogP contribution < -0.4 is 5.32 Å². The Hall–Kier alpha value is -0.810. The predicted molar refractivity (Wildman–Crippen MR) is 66.1 cm³/mol. The van der Waals surface area contributed by atoms with E-state index in [0.717, 1.165) is 0 Å². The van der Waals surface area contributed by atoms with Crippen molar-refractivity contribution in [3.63, 3.8) is 0 Å². The van der Waals surface area contributed by atoms with Crippen molar-refractivity contribution in [3.8, 4) is 0 Å². The van der Waals surface area contributed by atoms with Gasteiger partial charge in [0.25, 0.3) is 0 Å². The van der Waals surface area contributed by atoms with Gasteiger partial charge in [-0.25, -0.2) is 4.79 Å². The minimum Gasteiger partial charge on any atom is -0.444 e. The molecule has 0 fully saturated rings. The van der Waals surface area contributed by atoms with E-state index in [1.807, 2.05) is 34.6 Å². The van der Waals surface area contributed by atoms with Crippen LogP contribution in [0.3, 0.4) is 0 Å². The van der Waals surface area contributed by atoms with Crippen LogP contribution in [0.1, 0.15) is 34.6 Å². The Morgan fingerprint density at radius 1 is 1.18 bits per heavy atom. The van der Waals surface area contributed by atoms with Gasteiger partial charge in [-0.15, -0.1) is 0 Å². The van der Waals surface area contributed by atoms with Gasteiger partial charge in [-0.1, -0.05) is 0 Å². The molecule has 5 nitrogen and oxygen atoms in total. The number of carbonyl (C=O) groups excluding carboxylic acids is 1. The van der Waals surface area contributed by atoms with E-state index < -0.39 is 11.7 Å². The Morgan fingerprint density at radius 3 is 2.24 bits per heavy atom. The molecule has 0 radical (unpaired) electrons. The molecule has 1 amide bonds. The van der Waals surface area contributed by atoms with Crippen molar-refractivity contribution in [2.45, 2.75) is 45.8 Å². The Kier molecular flexibility index (Phi) is 6.49. The predicted octanol–water partition coefficient (Wildman–Crippen LogP) is 1.95. The van der Waals surface area contributed by atoms with Gasteiger partial charge in [-0.05, 0) is 34.6 Å². The highest BCUT2D eigenvalue weighted by molar-refractivity contribution is 5.67. The summed E-state index contributed by atoms with van der Waals surface area (Å²) in [4.78, 5) is 11.3. The van der Waals surface area contributed by atoms with Crippen molar-refractivity contribution in [2.75, 3.05) is 26.9 Å². The summed E-state index contributed by atoms with van der Waals surface area (Å²) in [5.74, 6) is 0. The number of hydrogen-bond acceptors (Lipinski definition) is 4. The Bertz CT molecular complexity index is 233. The summed E-state index contributed by atoms with van der Waals surface area (Å²) in [6.07, 6.45) is -0.424. The Labute approximate surface area is 104 Å². The van der Waals surface area contributed by atoms with E-state index in [2.05, 4.69) is 5.32 Å². The van der Waals surface area contributed by atoms with Crippen LogP contribution in [-0.4, -0.2) is 44.2 Å². The second-order valence-corrected chi connectivity index (χ2v) is 5.45. The van der Waals surface area contributed by atoms with E-state index in [1.165, 1.54) is 0 Å². The maximum absolute atomic E-state index is 11.3. The topological polar surface area (TPSA) is 56.8 Å². The Morgan fingerprint density at radius 2 is 1.76 bits per heavy atom. The number of alkyl carbamates (subject to hydrolysis) is 1.